The third kappa shape index (κ3) is 5.92. The third-order valence-electron chi connectivity index (χ3n) is 5.52. The highest BCUT2D eigenvalue weighted by atomic mass is 32.2. The van der Waals surface area contributed by atoms with Crippen molar-refractivity contribution in [3.05, 3.63) is 71.3 Å². The Labute approximate surface area is 178 Å². The lowest BCUT2D eigenvalue weighted by Crippen LogP contribution is -2.49. The smallest absolute Gasteiger partial charge is 0.251 e. The van der Waals surface area contributed by atoms with E-state index in [9.17, 15) is 18.0 Å². The van der Waals surface area contributed by atoms with Crippen molar-refractivity contribution < 1.29 is 18.0 Å². The Balaban J connectivity index is 1.68. The van der Waals surface area contributed by atoms with Crippen LogP contribution in [-0.4, -0.2) is 44.8 Å². The maximum atomic E-state index is 12.9. The summed E-state index contributed by atoms with van der Waals surface area (Å²) < 4.78 is 23.3. The summed E-state index contributed by atoms with van der Waals surface area (Å²) in [5.74, 6) is -0.929. The van der Waals surface area contributed by atoms with Gasteiger partial charge in [0.05, 0.1) is 5.75 Å². The van der Waals surface area contributed by atoms with Gasteiger partial charge in [0.2, 0.25) is 5.91 Å². The van der Waals surface area contributed by atoms with Crippen LogP contribution in [0, 0.1) is 6.92 Å². The number of amides is 2. The van der Waals surface area contributed by atoms with Crippen molar-refractivity contribution in [3.8, 4) is 0 Å². The normalized spacial score (nSPS) is 15.8. The van der Waals surface area contributed by atoms with Crippen molar-refractivity contribution in [2.24, 2.45) is 0 Å². The molecule has 2 aromatic carbocycles. The summed E-state index contributed by atoms with van der Waals surface area (Å²) in [6.45, 7) is 2.34. The quantitative estimate of drug-likeness (QED) is 0.641. The Morgan fingerprint density at radius 1 is 1.07 bits per heavy atom. The average molecular weight is 429 g/mol. The lowest BCUT2D eigenvalue weighted by Gasteiger charge is -2.21. The van der Waals surface area contributed by atoms with E-state index in [4.69, 9.17) is 0 Å². The van der Waals surface area contributed by atoms with Crippen LogP contribution in [0.2, 0.25) is 0 Å². The number of hydrogen-bond donors (Lipinski definition) is 2. The van der Waals surface area contributed by atoms with Crippen molar-refractivity contribution in [2.45, 2.75) is 37.6 Å². The molecule has 1 aliphatic rings. The molecule has 3 rings (SSSR count). The molecule has 2 amide bonds. The number of rotatable bonds is 9. The van der Waals surface area contributed by atoms with Crippen LogP contribution in [0.25, 0.3) is 0 Å². The number of hydrogen-bond acceptors (Lipinski definition) is 4. The van der Waals surface area contributed by atoms with Crippen LogP contribution in [0.4, 0.5) is 0 Å². The summed E-state index contributed by atoms with van der Waals surface area (Å²) in [5.41, 5.74) is 2.48. The molecule has 1 fully saturated rings. The van der Waals surface area contributed by atoms with Gasteiger partial charge < -0.3 is 10.6 Å². The van der Waals surface area contributed by atoms with Crippen LogP contribution in [0.3, 0.4) is 0 Å². The van der Waals surface area contributed by atoms with E-state index < -0.39 is 21.8 Å². The first-order chi connectivity index (χ1) is 14.2. The van der Waals surface area contributed by atoms with Crippen molar-refractivity contribution in [3.63, 3.8) is 0 Å². The van der Waals surface area contributed by atoms with E-state index in [0.29, 0.717) is 12.1 Å². The molecule has 0 aliphatic heterocycles. The van der Waals surface area contributed by atoms with Crippen molar-refractivity contribution >= 4 is 21.7 Å². The summed E-state index contributed by atoms with van der Waals surface area (Å²) in [4.78, 5) is 25.5. The zero-order chi connectivity index (χ0) is 21.8. The minimum absolute atomic E-state index is 0.0283. The molecular formula is C23H28N2O4S. The molecule has 0 saturated heterocycles. The van der Waals surface area contributed by atoms with Gasteiger partial charge in [0.15, 0.2) is 0 Å². The predicted molar refractivity (Wildman–Crippen MR) is 117 cm³/mol. The molecule has 1 atom stereocenters. The van der Waals surface area contributed by atoms with Crippen molar-refractivity contribution in [2.75, 3.05) is 18.6 Å². The molecule has 30 heavy (non-hydrogen) atoms. The first-order valence-electron chi connectivity index (χ1n) is 10.1. The zero-order valence-corrected chi connectivity index (χ0v) is 18.2. The van der Waals surface area contributed by atoms with E-state index in [1.54, 1.807) is 18.2 Å². The van der Waals surface area contributed by atoms with Crippen LogP contribution >= 0.6 is 0 Å². The Bertz CT molecular complexity index is 1010. The minimum atomic E-state index is -3.27. The average Bonchev–Trinajstić information content (AvgIpc) is 3.50. The number of carbonyl (C=O) groups is 2. The Hall–Kier alpha value is -2.67. The van der Waals surface area contributed by atoms with Gasteiger partial charge in [0.25, 0.3) is 5.91 Å². The molecule has 1 aliphatic carbocycles. The molecule has 2 aromatic rings. The van der Waals surface area contributed by atoms with Crippen molar-refractivity contribution in [1.82, 2.24) is 10.6 Å². The molecule has 160 valence electrons. The standard InChI is InChI=1S/C23H28N2O4S/c1-17-7-6-8-18(15-17)21(26)25-20(11-14-30(2,28)29)22(27)24-16-23(12-13-23)19-9-4-3-5-10-19/h3-10,15,20H,11-14,16H2,1-2H3,(H,24,27)(H,25,26)/t20-/m1/s1. The van der Waals surface area contributed by atoms with Gasteiger partial charge in [0.1, 0.15) is 15.9 Å². The minimum Gasteiger partial charge on any atom is -0.353 e. The maximum Gasteiger partial charge on any atom is 0.251 e. The van der Waals surface area contributed by atoms with E-state index in [2.05, 4.69) is 22.8 Å². The fraction of sp³-hybridized carbons (Fsp3) is 0.391. The Morgan fingerprint density at radius 2 is 1.77 bits per heavy atom. The van der Waals surface area contributed by atoms with Crippen LogP contribution < -0.4 is 10.6 Å². The summed E-state index contributed by atoms with van der Waals surface area (Å²) >= 11 is 0. The fourth-order valence-electron chi connectivity index (χ4n) is 3.52. The number of sulfone groups is 1. The second kappa shape index (κ2) is 9.00. The first kappa shape index (κ1) is 22.0. The van der Waals surface area contributed by atoms with E-state index in [1.165, 1.54) is 5.56 Å². The zero-order valence-electron chi connectivity index (χ0n) is 17.4. The van der Waals surface area contributed by atoms with E-state index in [-0.39, 0.29) is 23.5 Å². The van der Waals surface area contributed by atoms with E-state index in [0.717, 1.165) is 24.7 Å². The fourth-order valence-corrected chi connectivity index (χ4v) is 4.18. The third-order valence-corrected chi connectivity index (χ3v) is 6.50. The Kier molecular flexibility index (Phi) is 6.61. The highest BCUT2D eigenvalue weighted by Crippen LogP contribution is 2.47. The van der Waals surface area contributed by atoms with Gasteiger partial charge in [-0.1, -0.05) is 48.0 Å². The number of nitrogens with one attached hydrogen (secondary N) is 2. The largest absolute Gasteiger partial charge is 0.353 e. The highest BCUT2D eigenvalue weighted by molar-refractivity contribution is 7.90. The van der Waals surface area contributed by atoms with Crippen molar-refractivity contribution in [1.29, 1.82) is 0 Å². The lowest BCUT2D eigenvalue weighted by atomic mass is 9.96. The molecule has 0 aromatic heterocycles. The molecular weight excluding hydrogens is 400 g/mol. The van der Waals surface area contributed by atoms with Gasteiger partial charge in [0, 0.05) is 23.8 Å². The van der Waals surface area contributed by atoms with Gasteiger partial charge >= 0.3 is 0 Å². The maximum absolute atomic E-state index is 12.9. The van der Waals surface area contributed by atoms with Gasteiger partial charge in [-0.2, -0.15) is 0 Å². The van der Waals surface area contributed by atoms with E-state index >= 15 is 0 Å². The van der Waals surface area contributed by atoms with Crippen LogP contribution in [0.5, 0.6) is 0 Å². The van der Waals surface area contributed by atoms with Gasteiger partial charge in [-0.25, -0.2) is 8.42 Å². The summed E-state index contributed by atoms with van der Waals surface area (Å²) in [5, 5.41) is 5.65. The van der Waals surface area contributed by atoms with Gasteiger partial charge in [-0.05, 0) is 43.9 Å². The second-order valence-corrected chi connectivity index (χ2v) is 10.4. The highest BCUT2D eigenvalue weighted by Gasteiger charge is 2.44. The SMILES string of the molecule is Cc1cccc(C(=O)N[C@H](CCS(C)(=O)=O)C(=O)NCC2(c3ccccc3)CC2)c1. The van der Waals surface area contributed by atoms with Gasteiger partial charge in [-0.15, -0.1) is 0 Å². The second-order valence-electron chi connectivity index (χ2n) is 8.18. The molecule has 6 nitrogen and oxygen atoms in total. The summed E-state index contributed by atoms with van der Waals surface area (Å²) in [6, 6.07) is 16.2. The van der Waals surface area contributed by atoms with Crippen LogP contribution in [0.1, 0.15) is 40.7 Å². The summed E-state index contributed by atoms with van der Waals surface area (Å²) in [6.07, 6.45) is 3.13. The van der Waals surface area contributed by atoms with Crippen LogP contribution in [-0.2, 0) is 20.0 Å². The van der Waals surface area contributed by atoms with Gasteiger partial charge in [-0.3, -0.25) is 9.59 Å². The molecule has 7 heteroatoms. The van der Waals surface area contributed by atoms with E-state index in [1.807, 2.05) is 31.2 Å². The molecule has 2 N–H and O–H groups in total. The topological polar surface area (TPSA) is 92.3 Å². The molecule has 0 heterocycles. The molecule has 0 radical (unpaired) electrons. The molecule has 0 spiro atoms. The Morgan fingerprint density at radius 3 is 2.37 bits per heavy atom. The predicted octanol–water partition coefficient (Wildman–Crippen LogP) is 2.38. The number of benzene rings is 2. The molecule has 1 saturated carbocycles. The monoisotopic (exact) mass is 428 g/mol. The first-order valence-corrected chi connectivity index (χ1v) is 12.1. The number of aryl methyl sites for hydroxylation is 1. The molecule has 0 bridgehead atoms. The van der Waals surface area contributed by atoms with Crippen LogP contribution in [0.15, 0.2) is 54.6 Å². The molecule has 0 unspecified atom stereocenters. The lowest BCUT2D eigenvalue weighted by molar-refractivity contribution is -0.123. The number of carbonyl (C=O) groups excluding carboxylic acids is 2. The summed E-state index contributed by atoms with van der Waals surface area (Å²) in [7, 11) is -3.27.